The number of carbonyl (C=O) groups is 2. The first-order valence-corrected chi connectivity index (χ1v) is 7.47. The van der Waals surface area contributed by atoms with Crippen LogP contribution >= 0.6 is 0 Å². The van der Waals surface area contributed by atoms with E-state index in [0.717, 1.165) is 5.56 Å². The van der Waals surface area contributed by atoms with Gasteiger partial charge in [-0.05, 0) is 17.7 Å². The molecule has 0 aliphatic carbocycles. The van der Waals surface area contributed by atoms with E-state index >= 15 is 0 Å². The maximum Gasteiger partial charge on any atom is 0.387 e. The summed E-state index contributed by atoms with van der Waals surface area (Å²) in [6.45, 7) is -3.06. The molecule has 2 aromatic rings. The minimum atomic E-state index is -3.06. The van der Waals surface area contributed by atoms with Crippen molar-refractivity contribution in [2.45, 2.75) is 19.1 Å². The number of esters is 1. The Morgan fingerprint density at radius 1 is 1.04 bits per heavy atom. The predicted molar refractivity (Wildman–Crippen MR) is 86.5 cm³/mol. The number of rotatable bonds is 7. The molecule has 0 unspecified atom stereocenters. The van der Waals surface area contributed by atoms with E-state index in [-0.39, 0.29) is 17.7 Å². The number of benzene rings is 2. The normalized spacial score (nSPS) is 11.7. The van der Waals surface area contributed by atoms with Gasteiger partial charge in [-0.1, -0.05) is 42.5 Å². The van der Waals surface area contributed by atoms with Crippen LogP contribution in [0.4, 0.5) is 8.78 Å². The summed E-state index contributed by atoms with van der Waals surface area (Å²) in [5, 5.41) is 2.51. The molecule has 0 bridgehead atoms. The second-order valence-corrected chi connectivity index (χ2v) is 5.11. The first-order chi connectivity index (χ1) is 12.0. The average Bonchev–Trinajstić information content (AvgIpc) is 2.61. The smallest absolute Gasteiger partial charge is 0.387 e. The average molecular weight is 349 g/mol. The molecule has 0 heterocycles. The Labute approximate surface area is 143 Å². The third-order valence-corrected chi connectivity index (χ3v) is 3.42. The van der Waals surface area contributed by atoms with Crippen molar-refractivity contribution in [2.24, 2.45) is 0 Å². The number of methoxy groups -OCH3 is 1. The van der Waals surface area contributed by atoms with E-state index in [1.165, 1.54) is 31.4 Å². The zero-order chi connectivity index (χ0) is 18.2. The number of hydrogen-bond donors (Lipinski definition) is 1. The molecule has 25 heavy (non-hydrogen) atoms. The van der Waals surface area contributed by atoms with E-state index in [4.69, 9.17) is 4.74 Å². The van der Waals surface area contributed by atoms with Gasteiger partial charge in [-0.2, -0.15) is 8.78 Å². The molecule has 0 radical (unpaired) electrons. The summed E-state index contributed by atoms with van der Waals surface area (Å²) in [5.41, 5.74) is 0.722. The van der Waals surface area contributed by atoms with E-state index in [1.54, 1.807) is 24.3 Å². The Morgan fingerprint density at radius 3 is 2.32 bits per heavy atom. The Hall–Kier alpha value is -2.96. The van der Waals surface area contributed by atoms with E-state index in [0.29, 0.717) is 0 Å². The second-order valence-electron chi connectivity index (χ2n) is 5.11. The van der Waals surface area contributed by atoms with Gasteiger partial charge < -0.3 is 14.8 Å². The summed E-state index contributed by atoms with van der Waals surface area (Å²) in [4.78, 5) is 24.4. The number of para-hydroxylation sites is 1. The number of alkyl halides is 2. The van der Waals surface area contributed by atoms with Gasteiger partial charge in [-0.3, -0.25) is 4.79 Å². The summed E-state index contributed by atoms with van der Waals surface area (Å²) in [6, 6.07) is 13.6. The van der Waals surface area contributed by atoms with Gasteiger partial charge in [-0.25, -0.2) is 4.79 Å². The van der Waals surface area contributed by atoms with Crippen molar-refractivity contribution in [2.75, 3.05) is 7.11 Å². The monoisotopic (exact) mass is 349 g/mol. The number of halogens is 2. The van der Waals surface area contributed by atoms with Crippen LogP contribution in [0.25, 0.3) is 0 Å². The van der Waals surface area contributed by atoms with Crippen LogP contribution in [0.3, 0.4) is 0 Å². The van der Waals surface area contributed by atoms with Crippen LogP contribution < -0.4 is 10.1 Å². The number of ether oxygens (including phenoxy) is 2. The number of amides is 1. The zero-order valence-electron chi connectivity index (χ0n) is 13.4. The van der Waals surface area contributed by atoms with Crippen LogP contribution in [-0.2, 0) is 16.0 Å². The lowest BCUT2D eigenvalue weighted by molar-refractivity contribution is -0.142. The fourth-order valence-corrected chi connectivity index (χ4v) is 2.27. The lowest BCUT2D eigenvalue weighted by Crippen LogP contribution is -2.43. The van der Waals surface area contributed by atoms with Gasteiger partial charge in [0.05, 0.1) is 12.7 Å². The van der Waals surface area contributed by atoms with Gasteiger partial charge in [0.15, 0.2) is 0 Å². The van der Waals surface area contributed by atoms with Crippen molar-refractivity contribution < 1.29 is 27.8 Å². The number of nitrogens with one attached hydrogen (secondary N) is 1. The van der Waals surface area contributed by atoms with Crippen molar-refractivity contribution in [3.63, 3.8) is 0 Å². The van der Waals surface area contributed by atoms with Crippen LogP contribution in [0, 0.1) is 0 Å². The summed E-state index contributed by atoms with van der Waals surface area (Å²) in [6.07, 6.45) is 0.205. The Bertz CT molecular complexity index is 722. The Morgan fingerprint density at radius 2 is 1.68 bits per heavy atom. The summed E-state index contributed by atoms with van der Waals surface area (Å²) >= 11 is 0. The van der Waals surface area contributed by atoms with Crippen LogP contribution in [0.2, 0.25) is 0 Å². The highest BCUT2D eigenvalue weighted by Crippen LogP contribution is 2.20. The molecule has 0 aliphatic rings. The predicted octanol–water partition coefficient (Wildman–Crippen LogP) is 2.80. The molecule has 0 saturated carbocycles. The van der Waals surface area contributed by atoms with E-state index < -0.39 is 24.5 Å². The van der Waals surface area contributed by atoms with Crippen LogP contribution in [0.15, 0.2) is 54.6 Å². The first-order valence-electron chi connectivity index (χ1n) is 7.47. The van der Waals surface area contributed by atoms with Crippen LogP contribution in [0.1, 0.15) is 15.9 Å². The molecule has 1 atom stereocenters. The molecule has 5 nitrogen and oxygen atoms in total. The standard InChI is InChI=1S/C18H17F2NO4/c1-24-17(23)14(11-12-7-3-2-4-8-12)21-16(22)13-9-5-6-10-15(13)25-18(19)20/h2-10,14,18H,11H2,1H3,(H,21,22)/t14-/m1/s1. The highest BCUT2D eigenvalue weighted by molar-refractivity contribution is 5.99. The molecule has 2 aromatic carbocycles. The SMILES string of the molecule is COC(=O)[C@@H](Cc1ccccc1)NC(=O)c1ccccc1OC(F)F. The molecule has 7 heteroatoms. The molecular weight excluding hydrogens is 332 g/mol. The van der Waals surface area contributed by atoms with Gasteiger partial charge in [0.1, 0.15) is 11.8 Å². The third kappa shape index (κ3) is 5.27. The minimum absolute atomic E-state index is 0.0928. The van der Waals surface area contributed by atoms with Crippen molar-refractivity contribution in [1.29, 1.82) is 0 Å². The molecule has 132 valence electrons. The number of carbonyl (C=O) groups excluding carboxylic acids is 2. The summed E-state index contributed by atoms with van der Waals surface area (Å²) in [5.74, 6) is -1.61. The van der Waals surface area contributed by atoms with Crippen molar-refractivity contribution in [1.82, 2.24) is 5.32 Å². The molecule has 0 saturated heterocycles. The largest absolute Gasteiger partial charge is 0.467 e. The minimum Gasteiger partial charge on any atom is -0.467 e. The van der Waals surface area contributed by atoms with E-state index in [1.807, 2.05) is 6.07 Å². The van der Waals surface area contributed by atoms with E-state index in [9.17, 15) is 18.4 Å². The van der Waals surface area contributed by atoms with Crippen LogP contribution in [0.5, 0.6) is 5.75 Å². The molecule has 1 N–H and O–H groups in total. The maximum atomic E-state index is 12.5. The van der Waals surface area contributed by atoms with Crippen molar-refractivity contribution in [3.05, 3.63) is 65.7 Å². The Kier molecular flexibility index (Phi) is 6.45. The van der Waals surface area contributed by atoms with Gasteiger partial charge >= 0.3 is 12.6 Å². The lowest BCUT2D eigenvalue weighted by Gasteiger charge is -2.18. The molecular formula is C18H17F2NO4. The number of hydrogen-bond acceptors (Lipinski definition) is 4. The summed E-state index contributed by atoms with van der Waals surface area (Å²) in [7, 11) is 1.21. The molecule has 1 amide bonds. The first kappa shape index (κ1) is 18.4. The van der Waals surface area contributed by atoms with E-state index in [2.05, 4.69) is 10.1 Å². The fraction of sp³-hybridized carbons (Fsp3) is 0.222. The van der Waals surface area contributed by atoms with Crippen LogP contribution in [-0.4, -0.2) is 31.6 Å². The van der Waals surface area contributed by atoms with Gasteiger partial charge in [0, 0.05) is 6.42 Å². The van der Waals surface area contributed by atoms with Gasteiger partial charge in [0.25, 0.3) is 5.91 Å². The molecule has 2 rings (SSSR count). The Balaban J connectivity index is 2.18. The topological polar surface area (TPSA) is 64.6 Å². The summed E-state index contributed by atoms with van der Waals surface area (Å²) < 4.78 is 34.0. The molecule has 0 aliphatic heterocycles. The fourth-order valence-electron chi connectivity index (χ4n) is 2.27. The van der Waals surface area contributed by atoms with Crippen molar-refractivity contribution >= 4 is 11.9 Å². The highest BCUT2D eigenvalue weighted by atomic mass is 19.3. The second kappa shape index (κ2) is 8.77. The lowest BCUT2D eigenvalue weighted by atomic mass is 10.1. The van der Waals surface area contributed by atoms with Gasteiger partial charge in [0.2, 0.25) is 0 Å². The third-order valence-electron chi connectivity index (χ3n) is 3.42. The zero-order valence-corrected chi connectivity index (χ0v) is 13.4. The highest BCUT2D eigenvalue weighted by Gasteiger charge is 2.24. The molecule has 0 spiro atoms. The molecule has 0 aromatic heterocycles. The molecule has 0 fully saturated rings. The van der Waals surface area contributed by atoms with Gasteiger partial charge in [-0.15, -0.1) is 0 Å². The maximum absolute atomic E-state index is 12.5. The quantitative estimate of drug-likeness (QED) is 0.781. The van der Waals surface area contributed by atoms with Crippen molar-refractivity contribution in [3.8, 4) is 5.75 Å².